The molecule has 7 nitrogen and oxygen atoms in total. The Kier molecular flexibility index (Phi) is 4.37. The summed E-state index contributed by atoms with van der Waals surface area (Å²) < 4.78 is 4.82. The van der Waals surface area contributed by atoms with Crippen LogP contribution in [0.2, 0.25) is 0 Å². The lowest BCUT2D eigenvalue weighted by Crippen LogP contribution is -2.01. The van der Waals surface area contributed by atoms with Gasteiger partial charge in [0.25, 0.3) is 0 Å². The Hall–Kier alpha value is -3.00. The van der Waals surface area contributed by atoms with Crippen LogP contribution >= 0.6 is 11.3 Å². The number of anilines is 2. The van der Waals surface area contributed by atoms with Gasteiger partial charge < -0.3 is 15.2 Å². The number of carbonyl (C=O) groups excluding carboxylic acids is 1. The molecule has 0 amide bonds. The van der Waals surface area contributed by atoms with Gasteiger partial charge >= 0.3 is 11.9 Å². The molecule has 2 N–H and O–H groups in total. The molecule has 1 aromatic carbocycles. The number of aryl methyl sites for hydroxylation is 2. The monoisotopic (exact) mass is 357 g/mol. The van der Waals surface area contributed by atoms with Gasteiger partial charge in [0.15, 0.2) is 0 Å². The molecular formula is C17H15N3O4S. The zero-order valence-electron chi connectivity index (χ0n) is 13.8. The van der Waals surface area contributed by atoms with Gasteiger partial charge in [-0.2, -0.15) is 0 Å². The predicted octanol–water partition coefficient (Wildman–Crippen LogP) is 3.54. The van der Waals surface area contributed by atoms with Gasteiger partial charge in [-0.25, -0.2) is 19.6 Å². The highest BCUT2D eigenvalue weighted by Crippen LogP contribution is 2.35. The van der Waals surface area contributed by atoms with Crippen molar-refractivity contribution in [3.8, 4) is 0 Å². The van der Waals surface area contributed by atoms with E-state index in [1.165, 1.54) is 30.6 Å². The van der Waals surface area contributed by atoms with Crippen molar-refractivity contribution >= 4 is 45.0 Å². The van der Waals surface area contributed by atoms with Crippen LogP contribution in [0, 0.1) is 13.8 Å². The number of aromatic carboxylic acids is 1. The molecule has 0 spiro atoms. The largest absolute Gasteiger partial charge is 0.478 e. The van der Waals surface area contributed by atoms with E-state index < -0.39 is 11.9 Å². The number of rotatable bonds is 4. The summed E-state index contributed by atoms with van der Waals surface area (Å²) in [6, 6.07) is 6.35. The average Bonchev–Trinajstić information content (AvgIpc) is 2.91. The number of carbonyl (C=O) groups is 2. The van der Waals surface area contributed by atoms with E-state index in [0.29, 0.717) is 27.0 Å². The fourth-order valence-corrected chi connectivity index (χ4v) is 3.60. The smallest absolute Gasteiger partial charge is 0.348 e. The Bertz CT molecular complexity index is 980. The van der Waals surface area contributed by atoms with Crippen molar-refractivity contribution in [3.05, 3.63) is 46.1 Å². The first-order chi connectivity index (χ1) is 11.9. The van der Waals surface area contributed by atoms with Crippen LogP contribution in [0.15, 0.2) is 24.3 Å². The van der Waals surface area contributed by atoms with Crippen molar-refractivity contribution in [2.45, 2.75) is 13.8 Å². The summed E-state index contributed by atoms with van der Waals surface area (Å²) in [4.78, 5) is 32.9. The third kappa shape index (κ3) is 3.16. The van der Waals surface area contributed by atoms with E-state index in [1.54, 1.807) is 19.1 Å². The quantitative estimate of drug-likeness (QED) is 0.689. The molecule has 0 unspecified atom stereocenters. The van der Waals surface area contributed by atoms with Gasteiger partial charge in [-0.15, -0.1) is 11.3 Å². The van der Waals surface area contributed by atoms with Crippen LogP contribution in [0.4, 0.5) is 11.5 Å². The van der Waals surface area contributed by atoms with Crippen LogP contribution in [-0.4, -0.2) is 34.1 Å². The van der Waals surface area contributed by atoms with Crippen LogP contribution < -0.4 is 5.32 Å². The molecule has 0 saturated heterocycles. The normalized spacial score (nSPS) is 10.7. The van der Waals surface area contributed by atoms with E-state index in [-0.39, 0.29) is 5.56 Å². The van der Waals surface area contributed by atoms with Crippen LogP contribution in [0.3, 0.4) is 0 Å². The average molecular weight is 357 g/mol. The number of nitrogens with zero attached hydrogens (tertiary/aromatic N) is 2. The number of ether oxygens (including phenoxy) is 1. The van der Waals surface area contributed by atoms with Crippen LogP contribution in [0.25, 0.3) is 10.2 Å². The molecule has 3 rings (SSSR count). The topological polar surface area (TPSA) is 101 Å². The van der Waals surface area contributed by atoms with Crippen LogP contribution in [0.1, 0.15) is 31.4 Å². The molecule has 0 aliphatic heterocycles. The molecular weight excluding hydrogens is 342 g/mol. The first kappa shape index (κ1) is 16.8. The zero-order chi connectivity index (χ0) is 18.1. The molecule has 25 heavy (non-hydrogen) atoms. The molecule has 0 radical (unpaired) electrons. The Balaban J connectivity index is 2.07. The molecule has 3 aromatic rings. The summed E-state index contributed by atoms with van der Waals surface area (Å²) in [7, 11) is 1.34. The number of benzene rings is 1. The van der Waals surface area contributed by atoms with Crippen molar-refractivity contribution in [1.82, 2.24) is 9.97 Å². The Morgan fingerprint density at radius 1 is 1.16 bits per heavy atom. The molecule has 0 aliphatic rings. The Labute approximate surface area is 147 Å². The van der Waals surface area contributed by atoms with Gasteiger partial charge in [0.2, 0.25) is 0 Å². The molecule has 0 atom stereocenters. The van der Waals surface area contributed by atoms with E-state index in [1.807, 2.05) is 6.92 Å². The number of carboxylic acids is 1. The maximum Gasteiger partial charge on any atom is 0.348 e. The van der Waals surface area contributed by atoms with Crippen molar-refractivity contribution in [1.29, 1.82) is 0 Å². The second-order valence-corrected chi connectivity index (χ2v) is 6.35. The van der Waals surface area contributed by atoms with Crippen molar-refractivity contribution in [2.75, 3.05) is 12.4 Å². The van der Waals surface area contributed by atoms with Gasteiger partial charge in [-0.3, -0.25) is 0 Å². The SMILES string of the molecule is COC(=O)c1sc2nc(C)nc(Nc3ccc(C(=O)O)cc3)c2c1C. The number of hydrogen-bond acceptors (Lipinski definition) is 7. The minimum Gasteiger partial charge on any atom is -0.478 e. The summed E-state index contributed by atoms with van der Waals surface area (Å²) in [6.07, 6.45) is 0. The minimum absolute atomic E-state index is 0.203. The molecule has 0 bridgehead atoms. The van der Waals surface area contributed by atoms with Crippen molar-refractivity contribution in [3.63, 3.8) is 0 Å². The van der Waals surface area contributed by atoms with Gasteiger partial charge in [-0.05, 0) is 43.7 Å². The van der Waals surface area contributed by atoms with Crippen molar-refractivity contribution < 1.29 is 19.4 Å². The summed E-state index contributed by atoms with van der Waals surface area (Å²) >= 11 is 1.26. The molecule has 8 heteroatoms. The van der Waals surface area contributed by atoms with Gasteiger partial charge in [0.05, 0.1) is 18.1 Å². The molecule has 2 heterocycles. The molecule has 128 valence electrons. The summed E-state index contributed by atoms with van der Waals surface area (Å²) in [5.74, 6) is -0.262. The van der Waals surface area contributed by atoms with Gasteiger partial charge in [0.1, 0.15) is 21.3 Å². The maximum atomic E-state index is 11.9. The van der Waals surface area contributed by atoms with E-state index >= 15 is 0 Å². The number of nitrogens with one attached hydrogen (secondary N) is 1. The molecule has 2 aromatic heterocycles. The van der Waals surface area contributed by atoms with Crippen molar-refractivity contribution in [2.24, 2.45) is 0 Å². The number of carboxylic acid groups (broad SMARTS) is 1. The lowest BCUT2D eigenvalue weighted by Gasteiger charge is -2.09. The predicted molar refractivity (Wildman–Crippen MR) is 94.9 cm³/mol. The van der Waals surface area contributed by atoms with E-state index in [4.69, 9.17) is 9.84 Å². The van der Waals surface area contributed by atoms with Gasteiger partial charge in [0, 0.05) is 5.69 Å². The van der Waals surface area contributed by atoms with E-state index in [9.17, 15) is 9.59 Å². The summed E-state index contributed by atoms with van der Waals surface area (Å²) in [5, 5.41) is 12.9. The zero-order valence-corrected chi connectivity index (χ0v) is 14.6. The van der Waals surface area contributed by atoms with Crippen LogP contribution in [-0.2, 0) is 4.74 Å². The fraction of sp³-hybridized carbons (Fsp3) is 0.176. The van der Waals surface area contributed by atoms with Crippen LogP contribution in [0.5, 0.6) is 0 Å². The fourth-order valence-electron chi connectivity index (χ4n) is 2.46. The third-order valence-electron chi connectivity index (χ3n) is 3.67. The number of methoxy groups -OCH3 is 1. The van der Waals surface area contributed by atoms with Gasteiger partial charge in [-0.1, -0.05) is 0 Å². The molecule has 0 fully saturated rings. The third-order valence-corrected chi connectivity index (χ3v) is 4.83. The standard InChI is InChI=1S/C17H15N3O4S/c1-8-12-14(20-11-6-4-10(5-7-11)16(21)22)18-9(2)19-15(12)25-13(8)17(23)24-3/h4-7H,1-3H3,(H,21,22)(H,18,19,20). The number of esters is 1. The highest BCUT2D eigenvalue weighted by Gasteiger charge is 2.20. The summed E-state index contributed by atoms with van der Waals surface area (Å²) in [6.45, 7) is 3.59. The first-order valence-electron chi connectivity index (χ1n) is 7.37. The lowest BCUT2D eigenvalue weighted by atomic mass is 10.2. The number of aromatic nitrogens is 2. The highest BCUT2D eigenvalue weighted by atomic mass is 32.1. The second kappa shape index (κ2) is 6.48. The number of fused-ring (bicyclic) bond motifs is 1. The lowest BCUT2D eigenvalue weighted by molar-refractivity contribution is 0.0604. The Morgan fingerprint density at radius 2 is 1.84 bits per heavy atom. The maximum absolute atomic E-state index is 11.9. The minimum atomic E-state index is -0.983. The number of thiophene rings is 1. The first-order valence-corrected chi connectivity index (χ1v) is 8.18. The molecule has 0 saturated carbocycles. The van der Waals surface area contributed by atoms with E-state index in [0.717, 1.165) is 10.9 Å². The Morgan fingerprint density at radius 3 is 2.44 bits per heavy atom. The second-order valence-electron chi connectivity index (χ2n) is 5.35. The van der Waals surface area contributed by atoms with E-state index in [2.05, 4.69) is 15.3 Å². The molecule has 0 aliphatic carbocycles. The number of hydrogen-bond donors (Lipinski definition) is 2. The summed E-state index contributed by atoms with van der Waals surface area (Å²) in [5.41, 5.74) is 1.64. The highest BCUT2D eigenvalue weighted by molar-refractivity contribution is 7.20.